The fraction of sp³-hybridized carbons (Fsp3) is 0.111. The zero-order valence-corrected chi connectivity index (χ0v) is 13.6. The van der Waals surface area contributed by atoms with Gasteiger partial charge < -0.3 is 11.1 Å². The van der Waals surface area contributed by atoms with Crippen molar-refractivity contribution >= 4 is 23.4 Å². The van der Waals surface area contributed by atoms with Gasteiger partial charge in [-0.15, -0.1) is 0 Å². The van der Waals surface area contributed by atoms with Crippen LogP contribution in [0.2, 0.25) is 0 Å². The highest BCUT2D eigenvalue weighted by molar-refractivity contribution is 6.11. The number of hydrogen-bond donors (Lipinski definition) is 2. The van der Waals surface area contributed by atoms with Gasteiger partial charge in [0.25, 0.3) is 5.91 Å². The number of anilines is 1. The van der Waals surface area contributed by atoms with E-state index in [2.05, 4.69) is 10.3 Å². The molecular weight excluding hydrogens is 350 g/mol. The van der Waals surface area contributed by atoms with E-state index in [0.717, 1.165) is 18.3 Å². The first kappa shape index (κ1) is 19.2. The molecule has 2 aromatic carbocycles. The molecule has 2 rings (SSSR count). The summed E-state index contributed by atoms with van der Waals surface area (Å²) in [5, 5.41) is 2.37. The van der Waals surface area contributed by atoms with E-state index < -0.39 is 24.1 Å². The number of benzene rings is 2. The Morgan fingerprint density at radius 1 is 1.12 bits per heavy atom. The molecule has 0 atom stereocenters. The van der Waals surface area contributed by atoms with Crippen LogP contribution in [0, 0.1) is 11.6 Å². The summed E-state index contributed by atoms with van der Waals surface area (Å²) in [7, 11) is 0. The van der Waals surface area contributed by atoms with E-state index in [0.29, 0.717) is 0 Å². The molecule has 0 unspecified atom stereocenters. The predicted octanol–water partition coefficient (Wildman–Crippen LogP) is 4.20. The van der Waals surface area contributed by atoms with Crippen molar-refractivity contribution < 1.29 is 22.4 Å². The van der Waals surface area contributed by atoms with E-state index in [4.69, 9.17) is 5.73 Å². The predicted molar refractivity (Wildman–Crippen MR) is 92.0 cm³/mol. The molecule has 0 aliphatic carbocycles. The van der Waals surface area contributed by atoms with Gasteiger partial charge in [0, 0.05) is 28.7 Å². The third-order valence-corrected chi connectivity index (χ3v) is 3.38. The highest BCUT2D eigenvalue weighted by Crippen LogP contribution is 2.23. The Kier molecular flexibility index (Phi) is 6.11. The average molecular weight is 365 g/mol. The lowest BCUT2D eigenvalue weighted by Crippen LogP contribution is -2.14. The number of halogens is 4. The number of hydrogen-bond acceptors (Lipinski definition) is 3. The highest BCUT2D eigenvalue weighted by atomic mass is 19.3. The van der Waals surface area contributed by atoms with Crippen molar-refractivity contribution in [2.24, 2.45) is 10.7 Å². The number of nitrogens with two attached hydrogens (primary N) is 1. The largest absolute Gasteiger partial charge is 0.402 e. The third-order valence-electron chi connectivity index (χ3n) is 3.38. The Labute approximate surface area is 147 Å². The molecule has 0 heterocycles. The summed E-state index contributed by atoms with van der Waals surface area (Å²) < 4.78 is 52.4. The van der Waals surface area contributed by atoms with E-state index in [-0.39, 0.29) is 28.1 Å². The van der Waals surface area contributed by atoms with Crippen molar-refractivity contribution in [3.05, 3.63) is 70.9 Å². The van der Waals surface area contributed by atoms with Crippen molar-refractivity contribution in [2.75, 3.05) is 5.32 Å². The molecular formula is C18H15F4N3O. The van der Waals surface area contributed by atoms with Crippen LogP contribution in [0.4, 0.5) is 23.2 Å². The van der Waals surface area contributed by atoms with E-state index in [1.165, 1.54) is 37.3 Å². The van der Waals surface area contributed by atoms with Gasteiger partial charge >= 0.3 is 6.55 Å². The van der Waals surface area contributed by atoms with Gasteiger partial charge in [-0.25, -0.2) is 13.8 Å². The summed E-state index contributed by atoms with van der Waals surface area (Å²) in [5.41, 5.74) is 5.51. The van der Waals surface area contributed by atoms with Gasteiger partial charge in [-0.05, 0) is 37.3 Å². The van der Waals surface area contributed by atoms with Crippen LogP contribution in [0.1, 0.15) is 22.8 Å². The normalized spacial score (nSPS) is 12.4. The van der Waals surface area contributed by atoms with Gasteiger partial charge in [0.05, 0.1) is 5.56 Å². The maximum atomic E-state index is 14.4. The molecule has 0 aliphatic rings. The number of carbonyl (C=O) groups excluding carboxylic acids is 1. The molecule has 136 valence electrons. The first-order chi connectivity index (χ1) is 12.3. The lowest BCUT2D eigenvalue weighted by molar-refractivity contribution is 0.102. The van der Waals surface area contributed by atoms with Crippen molar-refractivity contribution in [2.45, 2.75) is 13.5 Å². The highest BCUT2D eigenvalue weighted by Gasteiger charge is 2.14. The fourth-order valence-electron chi connectivity index (χ4n) is 2.17. The Bertz CT molecular complexity index is 874. The molecule has 2 aromatic rings. The molecule has 8 heteroatoms. The van der Waals surface area contributed by atoms with E-state index in [9.17, 15) is 22.4 Å². The number of allylic oxidation sites excluding steroid dienone is 2. The first-order valence-corrected chi connectivity index (χ1v) is 7.43. The van der Waals surface area contributed by atoms with Crippen LogP contribution in [0.5, 0.6) is 0 Å². The fourth-order valence-corrected chi connectivity index (χ4v) is 2.17. The van der Waals surface area contributed by atoms with Gasteiger partial charge in [0.15, 0.2) is 0 Å². The minimum absolute atomic E-state index is 0.00483. The molecule has 0 spiro atoms. The first-order valence-electron chi connectivity index (χ1n) is 7.43. The molecule has 0 radical (unpaired) electrons. The number of carbonyl (C=O) groups is 1. The summed E-state index contributed by atoms with van der Waals surface area (Å²) in [5.74, 6) is -2.27. The molecule has 3 N–H and O–H groups in total. The SMILES string of the molecule is C/C(N)=C(/C=N/C(F)F)c1ccc(NC(=O)c2ccccc2F)cc1F. The summed E-state index contributed by atoms with van der Waals surface area (Å²) in [6.07, 6.45) is 0.788. The summed E-state index contributed by atoms with van der Waals surface area (Å²) in [4.78, 5) is 15.0. The van der Waals surface area contributed by atoms with E-state index in [1.54, 1.807) is 0 Å². The molecule has 1 amide bonds. The van der Waals surface area contributed by atoms with Gasteiger partial charge in [0.1, 0.15) is 11.6 Å². The topological polar surface area (TPSA) is 67.5 Å². The van der Waals surface area contributed by atoms with Gasteiger partial charge in [-0.2, -0.15) is 8.78 Å². The number of nitrogens with one attached hydrogen (secondary N) is 1. The van der Waals surface area contributed by atoms with E-state index in [1.807, 2.05) is 0 Å². The maximum absolute atomic E-state index is 14.4. The zero-order valence-electron chi connectivity index (χ0n) is 13.6. The molecule has 26 heavy (non-hydrogen) atoms. The van der Waals surface area contributed by atoms with E-state index >= 15 is 0 Å². The Balaban J connectivity index is 2.28. The second-order valence-electron chi connectivity index (χ2n) is 5.28. The van der Waals surface area contributed by atoms with Crippen LogP contribution in [0.15, 0.2) is 53.2 Å². The van der Waals surface area contributed by atoms with Gasteiger partial charge in [0.2, 0.25) is 0 Å². The maximum Gasteiger partial charge on any atom is 0.331 e. The van der Waals surface area contributed by atoms with Crippen molar-refractivity contribution in [1.82, 2.24) is 0 Å². The minimum Gasteiger partial charge on any atom is -0.402 e. The second kappa shape index (κ2) is 8.28. The lowest BCUT2D eigenvalue weighted by atomic mass is 10.0. The third kappa shape index (κ3) is 4.69. The average Bonchev–Trinajstić information content (AvgIpc) is 2.56. The molecule has 0 aromatic heterocycles. The van der Waals surface area contributed by atoms with Crippen LogP contribution in [-0.2, 0) is 0 Å². The lowest BCUT2D eigenvalue weighted by Gasteiger charge is -2.10. The van der Waals surface area contributed by atoms with Crippen LogP contribution in [-0.4, -0.2) is 18.7 Å². The Morgan fingerprint density at radius 2 is 1.81 bits per heavy atom. The standard InChI is InChI=1S/C18H15F4N3O/c1-10(23)14(9-24-18(21)22)12-7-6-11(8-16(12)20)25-17(26)13-4-2-3-5-15(13)19/h2-9,18H,23H2,1H3,(H,25,26)/b14-10+,24-9+. The summed E-state index contributed by atoms with van der Waals surface area (Å²) in [6.45, 7) is -1.54. The Hall–Kier alpha value is -3.16. The van der Waals surface area contributed by atoms with Crippen molar-refractivity contribution in [1.29, 1.82) is 0 Å². The molecule has 0 fully saturated rings. The van der Waals surface area contributed by atoms with Gasteiger partial charge in [-0.3, -0.25) is 4.79 Å². The monoisotopic (exact) mass is 365 g/mol. The summed E-state index contributed by atoms with van der Waals surface area (Å²) in [6, 6.07) is 8.92. The number of rotatable bonds is 5. The molecule has 0 saturated carbocycles. The second-order valence-corrected chi connectivity index (χ2v) is 5.28. The smallest absolute Gasteiger partial charge is 0.331 e. The minimum atomic E-state index is -2.95. The van der Waals surface area contributed by atoms with Crippen LogP contribution in [0.25, 0.3) is 5.57 Å². The number of nitrogens with zero attached hydrogens (tertiary/aromatic N) is 1. The zero-order chi connectivity index (χ0) is 19.3. The number of alkyl halides is 2. The van der Waals surface area contributed by atoms with Crippen molar-refractivity contribution in [3.8, 4) is 0 Å². The van der Waals surface area contributed by atoms with Crippen LogP contribution < -0.4 is 11.1 Å². The molecule has 0 bridgehead atoms. The van der Waals surface area contributed by atoms with Gasteiger partial charge in [-0.1, -0.05) is 12.1 Å². The van der Waals surface area contributed by atoms with Crippen molar-refractivity contribution in [3.63, 3.8) is 0 Å². The number of amides is 1. The molecule has 0 saturated heterocycles. The quantitative estimate of drug-likeness (QED) is 0.474. The van der Waals surface area contributed by atoms with Crippen LogP contribution in [0.3, 0.4) is 0 Å². The van der Waals surface area contributed by atoms with Crippen LogP contribution >= 0.6 is 0 Å². The Morgan fingerprint density at radius 3 is 2.38 bits per heavy atom. The molecule has 0 aliphatic heterocycles. The summed E-state index contributed by atoms with van der Waals surface area (Å²) >= 11 is 0. The number of aliphatic imine (C=N–C) groups is 1. The molecule has 4 nitrogen and oxygen atoms in total.